The number of aryl methyl sites for hydroxylation is 1. The fraction of sp³-hybridized carbons (Fsp3) is 0.235. The molecule has 0 saturated heterocycles. The van der Waals surface area contributed by atoms with E-state index in [0.29, 0.717) is 18.3 Å². The van der Waals surface area contributed by atoms with Crippen LogP contribution in [0.15, 0.2) is 41.8 Å². The molecule has 0 spiro atoms. The largest absolute Gasteiger partial charge is 0.368 e. The van der Waals surface area contributed by atoms with E-state index in [0.717, 1.165) is 12.2 Å². The van der Waals surface area contributed by atoms with Crippen LogP contribution < -0.4 is 11.1 Å². The van der Waals surface area contributed by atoms with E-state index in [-0.39, 0.29) is 5.95 Å². The summed E-state index contributed by atoms with van der Waals surface area (Å²) in [7, 11) is 2.05. The first-order chi connectivity index (χ1) is 11.6. The van der Waals surface area contributed by atoms with Crippen LogP contribution in [0.25, 0.3) is 0 Å². The van der Waals surface area contributed by atoms with Crippen molar-refractivity contribution in [2.24, 2.45) is 0 Å². The lowest BCUT2D eigenvalue weighted by Gasteiger charge is -2.16. The third-order valence-electron chi connectivity index (χ3n) is 3.52. The normalized spacial score (nSPS) is 11.0. The van der Waals surface area contributed by atoms with Gasteiger partial charge < -0.3 is 11.1 Å². The molecule has 3 rings (SSSR count). The van der Waals surface area contributed by atoms with Gasteiger partial charge in [0.1, 0.15) is 5.82 Å². The second-order valence-electron chi connectivity index (χ2n) is 5.62. The van der Waals surface area contributed by atoms with Gasteiger partial charge in [-0.3, -0.25) is 4.90 Å². The average molecular weight is 340 g/mol. The molecule has 7 heteroatoms. The molecular formula is C17H20N6S. The maximum Gasteiger partial charge on any atom is 0.232 e. The van der Waals surface area contributed by atoms with Crippen molar-refractivity contribution in [2.75, 3.05) is 18.1 Å². The molecule has 0 aliphatic heterocycles. The summed E-state index contributed by atoms with van der Waals surface area (Å²) >= 11 is 1.76. The zero-order valence-electron chi connectivity index (χ0n) is 13.7. The molecule has 124 valence electrons. The first-order valence-corrected chi connectivity index (χ1v) is 8.52. The quantitative estimate of drug-likeness (QED) is 0.717. The number of nitrogens with one attached hydrogen (secondary N) is 1. The van der Waals surface area contributed by atoms with Crippen LogP contribution in [0.2, 0.25) is 0 Å². The fourth-order valence-electron chi connectivity index (χ4n) is 2.32. The van der Waals surface area contributed by atoms with Crippen molar-refractivity contribution in [3.63, 3.8) is 0 Å². The van der Waals surface area contributed by atoms with Crippen molar-refractivity contribution < 1.29 is 0 Å². The van der Waals surface area contributed by atoms with Gasteiger partial charge in [0.25, 0.3) is 0 Å². The minimum Gasteiger partial charge on any atom is -0.368 e. The number of para-hydroxylation sites is 1. The smallest absolute Gasteiger partial charge is 0.232 e. The number of benzene rings is 1. The van der Waals surface area contributed by atoms with Crippen LogP contribution in [0.1, 0.15) is 16.3 Å². The molecule has 1 aromatic carbocycles. The molecule has 2 heterocycles. The Morgan fingerprint density at radius 1 is 1.08 bits per heavy atom. The van der Waals surface area contributed by atoms with Crippen molar-refractivity contribution >= 4 is 28.9 Å². The second-order valence-corrected chi connectivity index (χ2v) is 6.62. The van der Waals surface area contributed by atoms with E-state index in [4.69, 9.17) is 5.73 Å². The van der Waals surface area contributed by atoms with Gasteiger partial charge in [-0.2, -0.15) is 15.0 Å². The van der Waals surface area contributed by atoms with Crippen LogP contribution in [0.5, 0.6) is 0 Å². The lowest BCUT2D eigenvalue weighted by Crippen LogP contribution is -2.20. The second kappa shape index (κ2) is 7.37. The highest BCUT2D eigenvalue weighted by atomic mass is 32.1. The minimum absolute atomic E-state index is 0.221. The van der Waals surface area contributed by atoms with Gasteiger partial charge in [0.05, 0.1) is 6.54 Å². The van der Waals surface area contributed by atoms with E-state index in [1.807, 2.05) is 37.4 Å². The first-order valence-electron chi connectivity index (χ1n) is 7.64. The zero-order valence-corrected chi connectivity index (χ0v) is 14.5. The Kier molecular flexibility index (Phi) is 5.02. The SMILES string of the molecule is Cc1ccsc1CN(C)Cc1nc(N)nc(Nc2ccccc2)n1. The van der Waals surface area contributed by atoms with Crippen molar-refractivity contribution in [1.29, 1.82) is 0 Å². The molecule has 0 aliphatic carbocycles. The number of nitrogens with two attached hydrogens (primary N) is 1. The number of rotatable bonds is 6. The predicted molar refractivity (Wildman–Crippen MR) is 98.2 cm³/mol. The standard InChI is InChI=1S/C17H20N6S/c1-12-8-9-24-14(12)10-23(2)11-15-20-16(18)22-17(21-15)19-13-6-4-3-5-7-13/h3-9H,10-11H2,1-2H3,(H3,18,19,20,21,22). The highest BCUT2D eigenvalue weighted by Gasteiger charge is 2.10. The van der Waals surface area contributed by atoms with Gasteiger partial charge >= 0.3 is 0 Å². The van der Waals surface area contributed by atoms with Gasteiger partial charge in [0.15, 0.2) is 0 Å². The molecule has 3 N–H and O–H groups in total. The Morgan fingerprint density at radius 3 is 2.58 bits per heavy atom. The molecule has 6 nitrogen and oxygen atoms in total. The third-order valence-corrected chi connectivity index (χ3v) is 4.53. The molecule has 0 fully saturated rings. The lowest BCUT2D eigenvalue weighted by molar-refractivity contribution is 0.313. The number of nitrogen functional groups attached to an aromatic ring is 1. The van der Waals surface area contributed by atoms with Gasteiger partial charge in [-0.05, 0) is 43.1 Å². The topological polar surface area (TPSA) is 80.0 Å². The predicted octanol–water partition coefficient (Wildman–Crippen LogP) is 3.20. The molecule has 0 saturated carbocycles. The molecule has 0 aliphatic rings. The molecule has 3 aromatic rings. The Labute approximate surface area is 145 Å². The van der Waals surface area contributed by atoms with Crippen molar-refractivity contribution in [3.05, 3.63) is 58.0 Å². The first kappa shape index (κ1) is 16.4. The highest BCUT2D eigenvalue weighted by molar-refractivity contribution is 7.10. The van der Waals surface area contributed by atoms with Gasteiger partial charge in [-0.1, -0.05) is 18.2 Å². The summed E-state index contributed by atoms with van der Waals surface area (Å²) in [5.74, 6) is 1.33. The van der Waals surface area contributed by atoms with Crippen LogP contribution in [0, 0.1) is 6.92 Å². The summed E-state index contributed by atoms with van der Waals surface area (Å²) in [5.41, 5.74) is 8.06. The summed E-state index contributed by atoms with van der Waals surface area (Å²) in [6.45, 7) is 3.59. The summed E-state index contributed by atoms with van der Waals surface area (Å²) in [6, 6.07) is 11.9. The Bertz CT molecular complexity index is 802. The van der Waals surface area contributed by atoms with Gasteiger partial charge in [-0.15, -0.1) is 11.3 Å². The number of hydrogen-bond acceptors (Lipinski definition) is 7. The Morgan fingerprint density at radius 2 is 1.88 bits per heavy atom. The maximum atomic E-state index is 5.83. The van der Waals surface area contributed by atoms with Crippen molar-refractivity contribution in [3.8, 4) is 0 Å². The van der Waals surface area contributed by atoms with Gasteiger partial charge in [0.2, 0.25) is 11.9 Å². The van der Waals surface area contributed by atoms with Gasteiger partial charge in [0, 0.05) is 17.1 Å². The monoisotopic (exact) mass is 340 g/mol. The van der Waals surface area contributed by atoms with Crippen LogP contribution in [-0.4, -0.2) is 26.9 Å². The molecule has 2 aromatic heterocycles. The highest BCUT2D eigenvalue weighted by Crippen LogP contribution is 2.18. The van der Waals surface area contributed by atoms with E-state index in [1.54, 1.807) is 11.3 Å². The van der Waals surface area contributed by atoms with Crippen LogP contribution in [0.3, 0.4) is 0 Å². The van der Waals surface area contributed by atoms with E-state index in [9.17, 15) is 0 Å². The summed E-state index contributed by atoms with van der Waals surface area (Å²) < 4.78 is 0. The third kappa shape index (κ3) is 4.27. The molecule has 0 radical (unpaired) electrons. The molecule has 0 atom stereocenters. The van der Waals surface area contributed by atoms with E-state index in [2.05, 4.69) is 43.5 Å². The zero-order chi connectivity index (χ0) is 16.9. The van der Waals surface area contributed by atoms with Crippen LogP contribution in [-0.2, 0) is 13.1 Å². The number of aromatic nitrogens is 3. The Balaban J connectivity index is 1.70. The van der Waals surface area contributed by atoms with E-state index >= 15 is 0 Å². The number of thiophene rings is 1. The molecule has 0 bridgehead atoms. The average Bonchev–Trinajstić information content (AvgIpc) is 2.92. The van der Waals surface area contributed by atoms with Crippen molar-refractivity contribution in [1.82, 2.24) is 19.9 Å². The number of hydrogen-bond donors (Lipinski definition) is 2. The molecule has 0 unspecified atom stereocenters. The summed E-state index contributed by atoms with van der Waals surface area (Å²) in [4.78, 5) is 16.4. The van der Waals surface area contributed by atoms with Crippen LogP contribution >= 0.6 is 11.3 Å². The molecule has 0 amide bonds. The Hall–Kier alpha value is -2.51. The van der Waals surface area contributed by atoms with E-state index in [1.165, 1.54) is 10.4 Å². The number of nitrogens with zero attached hydrogens (tertiary/aromatic N) is 4. The summed E-state index contributed by atoms with van der Waals surface area (Å²) in [5, 5.41) is 5.27. The van der Waals surface area contributed by atoms with Crippen molar-refractivity contribution in [2.45, 2.75) is 20.0 Å². The minimum atomic E-state index is 0.221. The van der Waals surface area contributed by atoms with Gasteiger partial charge in [-0.25, -0.2) is 0 Å². The van der Waals surface area contributed by atoms with E-state index < -0.39 is 0 Å². The van der Waals surface area contributed by atoms with Crippen LogP contribution in [0.4, 0.5) is 17.6 Å². The summed E-state index contributed by atoms with van der Waals surface area (Å²) in [6.07, 6.45) is 0. The molecular weight excluding hydrogens is 320 g/mol. The lowest BCUT2D eigenvalue weighted by atomic mass is 10.3. The maximum absolute atomic E-state index is 5.83. The fourth-order valence-corrected chi connectivity index (χ4v) is 3.31. The molecule has 24 heavy (non-hydrogen) atoms. The number of anilines is 3.